The maximum Gasteiger partial charge on any atom is 0.142 e. The van der Waals surface area contributed by atoms with Crippen molar-refractivity contribution in [3.05, 3.63) is 59.7 Å². The minimum atomic E-state index is -0.451. The average Bonchev–Trinajstić information content (AvgIpc) is 2.88. The van der Waals surface area contributed by atoms with E-state index in [0.29, 0.717) is 13.1 Å². The monoisotopic (exact) mass is 275 g/mol. The van der Waals surface area contributed by atoms with E-state index in [1.807, 2.05) is 0 Å². The van der Waals surface area contributed by atoms with Gasteiger partial charge in [-0.2, -0.15) is 0 Å². The van der Waals surface area contributed by atoms with Crippen molar-refractivity contribution in [1.82, 2.24) is 14.9 Å². The molecule has 0 unspecified atom stereocenters. The molecule has 1 aromatic heterocycles. The zero-order valence-corrected chi connectivity index (χ0v) is 11.0. The molecule has 0 aliphatic carbocycles. The van der Waals surface area contributed by atoms with Crippen molar-refractivity contribution in [2.75, 3.05) is 13.1 Å². The van der Waals surface area contributed by atoms with Gasteiger partial charge >= 0.3 is 0 Å². The third kappa shape index (κ3) is 2.67. The second kappa shape index (κ2) is 5.63. The fourth-order valence-corrected chi connectivity index (χ4v) is 2.72. The molecule has 20 heavy (non-hydrogen) atoms. The van der Waals surface area contributed by atoms with Crippen molar-refractivity contribution in [1.29, 1.82) is 0 Å². The molecule has 1 fully saturated rings. The quantitative estimate of drug-likeness (QED) is 0.862. The zero-order chi connectivity index (χ0) is 13.9. The summed E-state index contributed by atoms with van der Waals surface area (Å²) in [6.07, 6.45) is 4.16. The highest BCUT2D eigenvalue weighted by Crippen LogP contribution is 2.31. The minimum absolute atomic E-state index is 0.0973. The Labute approximate surface area is 116 Å². The Kier molecular flexibility index (Phi) is 3.69. The van der Waals surface area contributed by atoms with Crippen LogP contribution in [0.15, 0.2) is 36.7 Å². The number of rotatable bonds is 3. The van der Waals surface area contributed by atoms with E-state index < -0.39 is 11.6 Å². The molecule has 1 aliphatic heterocycles. The third-order valence-corrected chi connectivity index (χ3v) is 3.66. The Hall–Kier alpha value is -1.88. The van der Waals surface area contributed by atoms with Gasteiger partial charge in [0.1, 0.15) is 17.5 Å². The van der Waals surface area contributed by atoms with Crippen molar-refractivity contribution < 1.29 is 8.78 Å². The summed E-state index contributed by atoms with van der Waals surface area (Å²) < 4.78 is 27.5. The van der Waals surface area contributed by atoms with Crippen LogP contribution in [-0.4, -0.2) is 28.0 Å². The molecule has 0 spiro atoms. The van der Waals surface area contributed by atoms with Crippen LogP contribution < -0.4 is 0 Å². The number of aromatic nitrogens is 2. The van der Waals surface area contributed by atoms with Gasteiger partial charge in [0.2, 0.25) is 0 Å². The van der Waals surface area contributed by atoms with Crippen LogP contribution in [0.1, 0.15) is 23.7 Å². The molecule has 3 nitrogen and oxygen atoms in total. The number of hydrogen-bond acceptors (Lipinski definition) is 3. The molecule has 1 aliphatic rings. The number of benzene rings is 1. The molecule has 3 rings (SSSR count). The lowest BCUT2D eigenvalue weighted by molar-refractivity contribution is 0.316. The maximum absolute atomic E-state index is 13.8. The molecule has 0 N–H and O–H groups in total. The number of hydrogen-bond donors (Lipinski definition) is 0. The van der Waals surface area contributed by atoms with E-state index in [4.69, 9.17) is 0 Å². The molecular weight excluding hydrogens is 260 g/mol. The Morgan fingerprint density at radius 3 is 2.50 bits per heavy atom. The molecule has 1 aromatic carbocycles. The van der Waals surface area contributed by atoms with Crippen LogP contribution in [-0.2, 0) is 6.54 Å². The molecule has 0 radical (unpaired) electrons. The van der Waals surface area contributed by atoms with Crippen LogP contribution in [0.3, 0.4) is 0 Å². The Morgan fingerprint density at radius 1 is 1.10 bits per heavy atom. The van der Waals surface area contributed by atoms with E-state index in [-0.39, 0.29) is 11.5 Å². The summed E-state index contributed by atoms with van der Waals surface area (Å²) in [6, 6.07) is 5.81. The first-order valence-electron chi connectivity index (χ1n) is 6.66. The first-order chi connectivity index (χ1) is 9.74. The molecule has 0 bridgehead atoms. The number of likely N-dealkylation sites (tertiary alicyclic amines) is 1. The summed E-state index contributed by atoms with van der Waals surface area (Å²) in [7, 11) is 0. The van der Waals surface area contributed by atoms with Crippen molar-refractivity contribution in [2.45, 2.75) is 18.9 Å². The van der Waals surface area contributed by atoms with Crippen LogP contribution in [0.25, 0.3) is 0 Å². The van der Waals surface area contributed by atoms with Gasteiger partial charge in [-0.15, -0.1) is 0 Å². The van der Waals surface area contributed by atoms with Gasteiger partial charge in [0.25, 0.3) is 0 Å². The summed E-state index contributed by atoms with van der Waals surface area (Å²) >= 11 is 0. The van der Waals surface area contributed by atoms with Crippen LogP contribution >= 0.6 is 0 Å². The number of nitrogens with zero attached hydrogens (tertiary/aromatic N) is 3. The lowest BCUT2D eigenvalue weighted by atomic mass is 9.97. The van der Waals surface area contributed by atoms with Gasteiger partial charge in [-0.3, -0.25) is 4.90 Å². The molecular formula is C15H15F2N3. The molecule has 1 atom stereocenters. The largest absolute Gasteiger partial charge is 0.295 e. The first kappa shape index (κ1) is 13.1. The SMILES string of the molecule is Fc1cccc(F)c1[C@H]1CCN(Cc2ncccn2)C1. The van der Waals surface area contributed by atoms with Crippen LogP contribution in [0.5, 0.6) is 0 Å². The highest BCUT2D eigenvalue weighted by atomic mass is 19.1. The average molecular weight is 275 g/mol. The van der Waals surface area contributed by atoms with E-state index in [1.165, 1.54) is 18.2 Å². The van der Waals surface area contributed by atoms with E-state index in [2.05, 4.69) is 14.9 Å². The molecule has 104 valence electrons. The van der Waals surface area contributed by atoms with Gasteiger partial charge < -0.3 is 0 Å². The van der Waals surface area contributed by atoms with Crippen molar-refractivity contribution in [2.24, 2.45) is 0 Å². The molecule has 2 aromatic rings. The normalized spacial score (nSPS) is 19.4. The molecule has 5 heteroatoms. The molecule has 2 heterocycles. The van der Waals surface area contributed by atoms with Gasteiger partial charge in [0, 0.05) is 30.4 Å². The van der Waals surface area contributed by atoms with Crippen LogP contribution in [0.4, 0.5) is 8.78 Å². The molecule has 0 amide bonds. The lowest BCUT2D eigenvalue weighted by Gasteiger charge is -2.15. The van der Waals surface area contributed by atoms with E-state index in [9.17, 15) is 8.78 Å². The molecule has 0 saturated carbocycles. The zero-order valence-electron chi connectivity index (χ0n) is 11.0. The van der Waals surface area contributed by atoms with Gasteiger partial charge in [-0.05, 0) is 31.2 Å². The molecule has 1 saturated heterocycles. The Morgan fingerprint density at radius 2 is 1.80 bits per heavy atom. The summed E-state index contributed by atoms with van der Waals surface area (Å²) in [5.74, 6) is -0.261. The van der Waals surface area contributed by atoms with Gasteiger partial charge in [0.05, 0.1) is 6.54 Å². The summed E-state index contributed by atoms with van der Waals surface area (Å²) in [6.45, 7) is 2.06. The smallest absolute Gasteiger partial charge is 0.142 e. The first-order valence-corrected chi connectivity index (χ1v) is 6.66. The Balaban J connectivity index is 1.71. The minimum Gasteiger partial charge on any atom is -0.295 e. The summed E-state index contributed by atoms with van der Waals surface area (Å²) in [5.41, 5.74) is 0.212. The fraction of sp³-hybridized carbons (Fsp3) is 0.333. The van der Waals surface area contributed by atoms with Crippen molar-refractivity contribution in [3.8, 4) is 0 Å². The van der Waals surface area contributed by atoms with Gasteiger partial charge in [-0.1, -0.05) is 6.07 Å². The second-order valence-electron chi connectivity index (χ2n) is 5.02. The van der Waals surface area contributed by atoms with Gasteiger partial charge in [0.15, 0.2) is 0 Å². The highest BCUT2D eigenvalue weighted by Gasteiger charge is 2.28. The topological polar surface area (TPSA) is 29.0 Å². The predicted molar refractivity (Wildman–Crippen MR) is 71.0 cm³/mol. The third-order valence-electron chi connectivity index (χ3n) is 3.66. The number of halogens is 2. The van der Waals surface area contributed by atoms with Crippen molar-refractivity contribution >= 4 is 0 Å². The fourth-order valence-electron chi connectivity index (χ4n) is 2.72. The highest BCUT2D eigenvalue weighted by molar-refractivity contribution is 5.25. The standard InChI is InChI=1S/C15H15F2N3/c16-12-3-1-4-13(17)15(12)11-5-8-20(9-11)10-14-18-6-2-7-19-14/h1-4,6-7,11H,5,8-10H2/t11-/m0/s1. The van der Waals surface area contributed by atoms with E-state index in [1.54, 1.807) is 18.5 Å². The summed E-state index contributed by atoms with van der Waals surface area (Å²) in [5, 5.41) is 0. The van der Waals surface area contributed by atoms with Crippen molar-refractivity contribution in [3.63, 3.8) is 0 Å². The van der Waals surface area contributed by atoms with Crippen LogP contribution in [0, 0.1) is 11.6 Å². The van der Waals surface area contributed by atoms with Gasteiger partial charge in [-0.25, -0.2) is 18.7 Å². The maximum atomic E-state index is 13.8. The van der Waals surface area contributed by atoms with E-state index in [0.717, 1.165) is 18.8 Å². The summed E-state index contributed by atoms with van der Waals surface area (Å²) in [4.78, 5) is 10.5. The van der Waals surface area contributed by atoms with Crippen LogP contribution in [0.2, 0.25) is 0 Å². The second-order valence-corrected chi connectivity index (χ2v) is 5.02. The Bertz CT molecular complexity index is 569. The lowest BCUT2D eigenvalue weighted by Crippen LogP contribution is -2.21. The van der Waals surface area contributed by atoms with E-state index >= 15 is 0 Å². The predicted octanol–water partition coefficient (Wildman–Crippen LogP) is 2.74.